The molecule has 0 spiro atoms. The first-order chi connectivity index (χ1) is 9.78. The second kappa shape index (κ2) is 5.20. The van der Waals surface area contributed by atoms with Crippen LogP contribution in [0.4, 0.5) is 0 Å². The van der Waals surface area contributed by atoms with Crippen LogP contribution in [0.2, 0.25) is 5.02 Å². The maximum Gasteiger partial charge on any atom is 0.153 e. The molecule has 0 aliphatic heterocycles. The van der Waals surface area contributed by atoms with Crippen LogP contribution in [0, 0.1) is 11.3 Å². The van der Waals surface area contributed by atoms with Crippen LogP contribution in [0.5, 0.6) is 11.5 Å². The molecule has 0 saturated carbocycles. The smallest absolute Gasteiger partial charge is 0.153 e. The van der Waals surface area contributed by atoms with Gasteiger partial charge in [-0.25, -0.2) is 4.98 Å². The summed E-state index contributed by atoms with van der Waals surface area (Å²) in [6, 6.07) is 18.4. The summed E-state index contributed by atoms with van der Waals surface area (Å²) in [6.45, 7) is 0. The van der Waals surface area contributed by atoms with E-state index in [2.05, 4.69) is 4.98 Å². The Bertz CT molecular complexity index is 810. The van der Waals surface area contributed by atoms with Gasteiger partial charge >= 0.3 is 0 Å². The normalized spacial score (nSPS) is 10.2. The SMILES string of the molecule is N#Cc1ccc2c(Cl)ccc(Oc3ccccc3)c2n1. The van der Waals surface area contributed by atoms with Crippen LogP contribution in [-0.2, 0) is 0 Å². The quantitative estimate of drug-likeness (QED) is 0.691. The van der Waals surface area contributed by atoms with Gasteiger partial charge in [0.05, 0.1) is 5.02 Å². The van der Waals surface area contributed by atoms with Crippen LogP contribution in [-0.4, -0.2) is 4.98 Å². The van der Waals surface area contributed by atoms with Gasteiger partial charge in [0.15, 0.2) is 5.75 Å². The summed E-state index contributed by atoms with van der Waals surface area (Å²) < 4.78 is 5.82. The number of para-hydroxylation sites is 1. The molecule has 0 aliphatic carbocycles. The summed E-state index contributed by atoms with van der Waals surface area (Å²) in [5.41, 5.74) is 0.915. The zero-order chi connectivity index (χ0) is 13.9. The molecule has 0 saturated heterocycles. The Morgan fingerprint density at radius 1 is 1.00 bits per heavy atom. The Morgan fingerprint density at radius 3 is 2.55 bits per heavy atom. The van der Waals surface area contributed by atoms with Gasteiger partial charge in [-0.1, -0.05) is 29.8 Å². The second-order valence-corrected chi connectivity index (χ2v) is 4.57. The molecule has 20 heavy (non-hydrogen) atoms. The first-order valence-corrected chi connectivity index (χ1v) is 6.38. The number of ether oxygens (including phenoxy) is 1. The lowest BCUT2D eigenvalue weighted by molar-refractivity contribution is 0.487. The van der Waals surface area contributed by atoms with Gasteiger partial charge in [-0.3, -0.25) is 0 Å². The number of hydrogen-bond donors (Lipinski definition) is 0. The fourth-order valence-corrected chi connectivity index (χ4v) is 2.13. The third-order valence-electron chi connectivity index (χ3n) is 2.85. The number of nitrogens with zero attached hydrogens (tertiary/aromatic N) is 2. The lowest BCUT2D eigenvalue weighted by atomic mass is 10.2. The van der Waals surface area contributed by atoms with E-state index in [4.69, 9.17) is 21.6 Å². The van der Waals surface area contributed by atoms with Gasteiger partial charge in [0.2, 0.25) is 0 Å². The van der Waals surface area contributed by atoms with E-state index >= 15 is 0 Å². The molecule has 0 atom stereocenters. The maximum absolute atomic E-state index is 8.96. The molecule has 0 unspecified atom stereocenters. The standard InChI is InChI=1S/C16H9ClN2O/c17-14-8-9-15(20-12-4-2-1-3-5-12)16-13(14)7-6-11(10-18)19-16/h1-9H. The van der Waals surface area contributed by atoms with Gasteiger partial charge in [0.1, 0.15) is 23.0 Å². The number of rotatable bonds is 2. The molecule has 0 aliphatic rings. The number of aromatic nitrogens is 1. The van der Waals surface area contributed by atoms with Crippen molar-refractivity contribution in [1.82, 2.24) is 4.98 Å². The van der Waals surface area contributed by atoms with Gasteiger partial charge in [0, 0.05) is 5.39 Å². The molecule has 1 heterocycles. The maximum atomic E-state index is 8.96. The molecule has 4 heteroatoms. The zero-order valence-corrected chi connectivity index (χ0v) is 11.1. The van der Waals surface area contributed by atoms with E-state index in [0.29, 0.717) is 27.7 Å². The number of pyridine rings is 1. The summed E-state index contributed by atoms with van der Waals surface area (Å²) in [7, 11) is 0. The Morgan fingerprint density at radius 2 is 1.80 bits per heavy atom. The Hall–Kier alpha value is -2.57. The molecule has 0 fully saturated rings. The summed E-state index contributed by atoms with van der Waals surface area (Å²) >= 11 is 6.15. The summed E-state index contributed by atoms with van der Waals surface area (Å²) in [6.07, 6.45) is 0. The highest BCUT2D eigenvalue weighted by Crippen LogP contribution is 2.32. The fraction of sp³-hybridized carbons (Fsp3) is 0. The molecular formula is C16H9ClN2O. The predicted molar refractivity (Wildman–Crippen MR) is 78.0 cm³/mol. The first kappa shape index (κ1) is 12.5. The zero-order valence-electron chi connectivity index (χ0n) is 10.4. The van der Waals surface area contributed by atoms with Crippen molar-refractivity contribution in [3.63, 3.8) is 0 Å². The van der Waals surface area contributed by atoms with E-state index in [1.807, 2.05) is 36.4 Å². The van der Waals surface area contributed by atoms with Crippen molar-refractivity contribution < 1.29 is 4.74 Å². The topological polar surface area (TPSA) is 45.9 Å². The third-order valence-corrected chi connectivity index (χ3v) is 3.18. The lowest BCUT2D eigenvalue weighted by Crippen LogP contribution is -1.90. The van der Waals surface area contributed by atoms with Crippen molar-refractivity contribution in [1.29, 1.82) is 5.26 Å². The van der Waals surface area contributed by atoms with Crippen molar-refractivity contribution in [3.8, 4) is 17.6 Å². The van der Waals surface area contributed by atoms with Crippen LogP contribution < -0.4 is 4.74 Å². The molecule has 3 nitrogen and oxygen atoms in total. The second-order valence-electron chi connectivity index (χ2n) is 4.17. The lowest BCUT2D eigenvalue weighted by Gasteiger charge is -2.09. The number of hydrogen-bond acceptors (Lipinski definition) is 3. The number of nitriles is 1. The van der Waals surface area contributed by atoms with Gasteiger partial charge in [-0.2, -0.15) is 5.26 Å². The van der Waals surface area contributed by atoms with Gasteiger partial charge in [-0.15, -0.1) is 0 Å². The molecule has 96 valence electrons. The molecule has 2 aromatic carbocycles. The molecule has 0 radical (unpaired) electrons. The number of fused-ring (bicyclic) bond motifs is 1. The molecule has 0 amide bonds. The van der Waals surface area contributed by atoms with Crippen LogP contribution in [0.25, 0.3) is 10.9 Å². The van der Waals surface area contributed by atoms with Crippen molar-refractivity contribution >= 4 is 22.5 Å². The highest BCUT2D eigenvalue weighted by atomic mass is 35.5. The molecule has 3 rings (SSSR count). The fourth-order valence-electron chi connectivity index (χ4n) is 1.92. The van der Waals surface area contributed by atoms with Crippen LogP contribution in [0.15, 0.2) is 54.6 Å². The van der Waals surface area contributed by atoms with E-state index in [0.717, 1.165) is 5.39 Å². The molecule has 0 N–H and O–H groups in total. The van der Waals surface area contributed by atoms with Gasteiger partial charge in [0.25, 0.3) is 0 Å². The summed E-state index contributed by atoms with van der Waals surface area (Å²) in [5, 5.41) is 10.3. The van der Waals surface area contributed by atoms with Crippen LogP contribution in [0.1, 0.15) is 5.69 Å². The average Bonchev–Trinajstić information content (AvgIpc) is 2.51. The van der Waals surface area contributed by atoms with Gasteiger partial charge < -0.3 is 4.74 Å². The molecule has 3 aromatic rings. The minimum Gasteiger partial charge on any atom is -0.455 e. The Kier molecular flexibility index (Phi) is 3.24. The van der Waals surface area contributed by atoms with E-state index in [1.54, 1.807) is 24.3 Å². The molecular weight excluding hydrogens is 272 g/mol. The van der Waals surface area contributed by atoms with E-state index < -0.39 is 0 Å². The van der Waals surface area contributed by atoms with E-state index in [9.17, 15) is 0 Å². The third kappa shape index (κ3) is 2.29. The van der Waals surface area contributed by atoms with E-state index in [-0.39, 0.29) is 0 Å². The minimum atomic E-state index is 0.331. The Balaban J connectivity index is 2.15. The predicted octanol–water partition coefficient (Wildman–Crippen LogP) is 4.55. The van der Waals surface area contributed by atoms with Crippen molar-refractivity contribution in [2.45, 2.75) is 0 Å². The van der Waals surface area contributed by atoms with Crippen molar-refractivity contribution in [3.05, 3.63) is 65.3 Å². The summed E-state index contributed by atoms with van der Waals surface area (Å²) in [5.74, 6) is 1.29. The Labute approximate surface area is 121 Å². The number of halogens is 1. The average molecular weight is 281 g/mol. The van der Waals surface area contributed by atoms with Crippen molar-refractivity contribution in [2.24, 2.45) is 0 Å². The molecule has 1 aromatic heterocycles. The number of benzene rings is 2. The monoisotopic (exact) mass is 280 g/mol. The van der Waals surface area contributed by atoms with Crippen molar-refractivity contribution in [2.75, 3.05) is 0 Å². The van der Waals surface area contributed by atoms with Crippen LogP contribution in [0.3, 0.4) is 0 Å². The minimum absolute atomic E-state index is 0.331. The highest BCUT2D eigenvalue weighted by molar-refractivity contribution is 6.35. The highest BCUT2D eigenvalue weighted by Gasteiger charge is 2.09. The first-order valence-electron chi connectivity index (χ1n) is 6.00. The summed E-state index contributed by atoms with van der Waals surface area (Å²) in [4.78, 5) is 4.28. The largest absolute Gasteiger partial charge is 0.455 e. The van der Waals surface area contributed by atoms with Crippen LogP contribution >= 0.6 is 11.6 Å². The molecule has 0 bridgehead atoms. The van der Waals surface area contributed by atoms with Gasteiger partial charge in [-0.05, 0) is 36.4 Å². The van der Waals surface area contributed by atoms with E-state index in [1.165, 1.54) is 0 Å².